The lowest BCUT2D eigenvalue weighted by Gasteiger charge is -2.00. The summed E-state index contributed by atoms with van der Waals surface area (Å²) >= 11 is 4.85. The topological polar surface area (TPSA) is 47.4 Å². The number of oxime groups is 1. The van der Waals surface area contributed by atoms with Crippen molar-refractivity contribution < 1.29 is 4.84 Å². The fourth-order valence-electron chi connectivity index (χ4n) is 1.54. The zero-order chi connectivity index (χ0) is 11.7. The van der Waals surface area contributed by atoms with E-state index in [4.69, 9.17) is 4.84 Å². The van der Waals surface area contributed by atoms with Crippen molar-refractivity contribution in [2.75, 3.05) is 0 Å². The molecule has 0 bridgehead atoms. The number of nitrogens with zero attached hydrogens (tertiary/aromatic N) is 3. The van der Waals surface area contributed by atoms with Gasteiger partial charge in [0.15, 0.2) is 11.1 Å². The normalized spacial score (nSPS) is 18.9. The minimum atomic E-state index is -0.0978. The van der Waals surface area contributed by atoms with Crippen LogP contribution in [0.4, 0.5) is 0 Å². The number of hydrogen-bond acceptors (Lipinski definition) is 5. The van der Waals surface area contributed by atoms with Crippen molar-refractivity contribution in [3.8, 4) is 10.6 Å². The van der Waals surface area contributed by atoms with E-state index in [0.29, 0.717) is 0 Å². The van der Waals surface area contributed by atoms with E-state index in [2.05, 4.69) is 31.3 Å². The molecule has 0 amide bonds. The molecule has 1 aromatic heterocycles. The van der Waals surface area contributed by atoms with Crippen LogP contribution in [0.25, 0.3) is 10.6 Å². The van der Waals surface area contributed by atoms with Gasteiger partial charge in [0.2, 0.25) is 0 Å². The minimum absolute atomic E-state index is 0.0978. The van der Waals surface area contributed by atoms with E-state index in [0.717, 1.165) is 26.6 Å². The largest absolute Gasteiger partial charge is 0.384 e. The first kappa shape index (κ1) is 10.9. The van der Waals surface area contributed by atoms with Gasteiger partial charge in [-0.2, -0.15) is 0 Å². The third kappa shape index (κ3) is 2.23. The van der Waals surface area contributed by atoms with E-state index >= 15 is 0 Å². The van der Waals surface area contributed by atoms with Crippen molar-refractivity contribution >= 4 is 31.9 Å². The van der Waals surface area contributed by atoms with Crippen molar-refractivity contribution in [1.29, 1.82) is 0 Å². The summed E-state index contributed by atoms with van der Waals surface area (Å²) in [4.78, 5) is 5.25. The molecule has 0 saturated heterocycles. The van der Waals surface area contributed by atoms with Crippen LogP contribution in [-0.4, -0.2) is 14.8 Å². The van der Waals surface area contributed by atoms with Crippen LogP contribution in [0.1, 0.15) is 17.5 Å². The summed E-state index contributed by atoms with van der Waals surface area (Å²) in [6.07, 6.45) is 0.628. The molecule has 1 atom stereocenters. The quantitative estimate of drug-likeness (QED) is 0.854. The molecule has 0 saturated carbocycles. The van der Waals surface area contributed by atoms with E-state index in [1.807, 2.05) is 30.3 Å². The van der Waals surface area contributed by atoms with E-state index in [9.17, 15) is 0 Å². The highest BCUT2D eigenvalue weighted by Gasteiger charge is 2.25. The molecule has 1 aromatic carbocycles. The second-order valence-electron chi connectivity index (χ2n) is 3.58. The first-order valence-electron chi connectivity index (χ1n) is 5.10. The zero-order valence-corrected chi connectivity index (χ0v) is 11.1. The Morgan fingerprint density at radius 2 is 2.06 bits per heavy atom. The maximum absolute atomic E-state index is 5.25. The van der Waals surface area contributed by atoms with E-state index < -0.39 is 0 Å². The Labute approximate surface area is 110 Å². The van der Waals surface area contributed by atoms with Crippen LogP contribution in [0.5, 0.6) is 0 Å². The first-order valence-corrected chi connectivity index (χ1v) is 6.71. The molecule has 2 heterocycles. The number of rotatable bonds is 2. The second-order valence-corrected chi connectivity index (χ2v) is 5.50. The summed E-state index contributed by atoms with van der Waals surface area (Å²) in [6.45, 7) is 0. The van der Waals surface area contributed by atoms with Crippen molar-refractivity contribution in [3.05, 3.63) is 35.3 Å². The van der Waals surface area contributed by atoms with Gasteiger partial charge in [0.25, 0.3) is 0 Å². The Bertz CT molecular complexity index is 555. The molecule has 0 spiro atoms. The molecule has 6 heteroatoms. The first-order chi connectivity index (χ1) is 8.33. The third-order valence-electron chi connectivity index (χ3n) is 2.37. The van der Waals surface area contributed by atoms with Crippen molar-refractivity contribution in [1.82, 2.24) is 10.2 Å². The van der Waals surface area contributed by atoms with Crippen LogP contribution in [-0.2, 0) is 4.84 Å². The molecule has 2 aromatic rings. The Morgan fingerprint density at radius 1 is 1.24 bits per heavy atom. The summed E-state index contributed by atoms with van der Waals surface area (Å²) in [5.74, 6) is 0. The van der Waals surface area contributed by atoms with E-state index in [1.54, 1.807) is 11.3 Å². The Balaban J connectivity index is 1.84. The molecule has 1 unspecified atom stereocenters. The molecular formula is C11H8BrN3OS. The smallest absolute Gasteiger partial charge is 0.186 e. The Hall–Kier alpha value is -1.27. The molecule has 1 aliphatic rings. The molecule has 1 aliphatic heterocycles. The maximum atomic E-state index is 5.25. The van der Waals surface area contributed by atoms with Crippen LogP contribution in [0, 0.1) is 0 Å². The molecule has 0 N–H and O–H groups in total. The summed E-state index contributed by atoms with van der Waals surface area (Å²) in [7, 11) is 0. The van der Waals surface area contributed by atoms with Crippen molar-refractivity contribution in [2.24, 2.45) is 5.16 Å². The molecule has 17 heavy (non-hydrogen) atoms. The van der Waals surface area contributed by atoms with Crippen LogP contribution >= 0.6 is 27.3 Å². The van der Waals surface area contributed by atoms with Gasteiger partial charge in [-0.1, -0.05) is 46.8 Å². The van der Waals surface area contributed by atoms with Crippen LogP contribution in [0.2, 0.25) is 0 Å². The Morgan fingerprint density at radius 3 is 2.76 bits per heavy atom. The SMILES string of the molecule is BrC1=NOC(c2nnc(-c3ccccc3)s2)C1. The molecule has 0 fully saturated rings. The fraction of sp³-hybridized carbons (Fsp3) is 0.182. The van der Waals surface area contributed by atoms with Crippen molar-refractivity contribution in [2.45, 2.75) is 12.5 Å². The summed E-state index contributed by atoms with van der Waals surface area (Å²) < 4.78 is 0.818. The number of hydrogen-bond donors (Lipinski definition) is 0. The van der Waals surface area contributed by atoms with Gasteiger partial charge in [0.1, 0.15) is 9.63 Å². The predicted molar refractivity (Wildman–Crippen MR) is 70.2 cm³/mol. The monoisotopic (exact) mass is 309 g/mol. The van der Waals surface area contributed by atoms with Gasteiger partial charge in [0, 0.05) is 12.0 Å². The molecular weight excluding hydrogens is 302 g/mol. The Kier molecular flexibility index (Phi) is 2.90. The predicted octanol–water partition coefficient (Wildman–Crippen LogP) is 3.37. The highest BCUT2D eigenvalue weighted by molar-refractivity contribution is 9.18. The van der Waals surface area contributed by atoms with Gasteiger partial charge in [0.05, 0.1) is 0 Å². The highest BCUT2D eigenvalue weighted by Crippen LogP contribution is 2.33. The van der Waals surface area contributed by atoms with Crippen LogP contribution in [0.15, 0.2) is 35.5 Å². The average molecular weight is 310 g/mol. The van der Waals surface area contributed by atoms with Gasteiger partial charge in [-0.05, 0) is 15.9 Å². The van der Waals surface area contributed by atoms with Crippen LogP contribution in [0.3, 0.4) is 0 Å². The van der Waals surface area contributed by atoms with Crippen LogP contribution < -0.4 is 0 Å². The summed E-state index contributed by atoms with van der Waals surface area (Å²) in [5, 5.41) is 14.0. The third-order valence-corrected chi connectivity index (χ3v) is 3.90. The van der Waals surface area contributed by atoms with Crippen molar-refractivity contribution in [3.63, 3.8) is 0 Å². The average Bonchev–Trinajstić information content (AvgIpc) is 2.98. The number of halogens is 1. The second kappa shape index (κ2) is 4.54. The van der Waals surface area contributed by atoms with Gasteiger partial charge >= 0.3 is 0 Å². The number of aromatic nitrogens is 2. The lowest BCUT2D eigenvalue weighted by atomic mass is 10.2. The molecule has 0 radical (unpaired) electrons. The van der Waals surface area contributed by atoms with E-state index in [-0.39, 0.29) is 6.10 Å². The standard InChI is InChI=1S/C11H8BrN3OS/c12-9-6-8(16-15-9)11-14-13-10(17-11)7-4-2-1-3-5-7/h1-5,8H,6H2. The minimum Gasteiger partial charge on any atom is -0.384 e. The van der Waals surface area contributed by atoms with Gasteiger partial charge < -0.3 is 4.84 Å². The molecule has 86 valence electrons. The summed E-state index contributed by atoms with van der Waals surface area (Å²) in [5.41, 5.74) is 1.08. The fourth-order valence-corrected chi connectivity index (χ4v) is 2.79. The molecule has 0 aliphatic carbocycles. The van der Waals surface area contributed by atoms with Gasteiger partial charge in [-0.25, -0.2) is 0 Å². The lowest BCUT2D eigenvalue weighted by Crippen LogP contribution is -1.95. The highest BCUT2D eigenvalue weighted by atomic mass is 79.9. The summed E-state index contributed by atoms with van der Waals surface area (Å²) in [6, 6.07) is 10.00. The van der Waals surface area contributed by atoms with Gasteiger partial charge in [-0.15, -0.1) is 10.2 Å². The zero-order valence-electron chi connectivity index (χ0n) is 8.71. The van der Waals surface area contributed by atoms with Gasteiger partial charge in [-0.3, -0.25) is 0 Å². The number of benzene rings is 1. The molecule has 4 nitrogen and oxygen atoms in total. The lowest BCUT2D eigenvalue weighted by molar-refractivity contribution is 0.0850. The molecule has 3 rings (SSSR count). The maximum Gasteiger partial charge on any atom is 0.186 e. The van der Waals surface area contributed by atoms with E-state index in [1.165, 1.54) is 0 Å².